The van der Waals surface area contributed by atoms with Crippen molar-refractivity contribution in [3.63, 3.8) is 0 Å². The first-order valence-electron chi connectivity index (χ1n) is 9.24. The number of halogens is 2. The van der Waals surface area contributed by atoms with Crippen LogP contribution in [-0.2, 0) is 16.0 Å². The maximum absolute atomic E-state index is 13.9. The lowest BCUT2D eigenvalue weighted by molar-refractivity contribution is -0.120. The van der Waals surface area contributed by atoms with Crippen LogP contribution >= 0.6 is 11.6 Å². The van der Waals surface area contributed by atoms with Gasteiger partial charge >= 0.3 is 0 Å². The van der Waals surface area contributed by atoms with Crippen molar-refractivity contribution in [2.75, 3.05) is 40.0 Å². The monoisotopic (exact) mass is 406 g/mol. The lowest BCUT2D eigenvalue weighted by Gasteiger charge is -2.35. The molecule has 7 heteroatoms. The molecule has 1 aliphatic heterocycles. The van der Waals surface area contributed by atoms with Crippen molar-refractivity contribution in [3.05, 3.63) is 64.4 Å². The molecule has 0 aromatic heterocycles. The largest absolute Gasteiger partial charge is 0.497 e. The highest BCUT2D eigenvalue weighted by Crippen LogP contribution is 2.24. The van der Waals surface area contributed by atoms with E-state index in [-0.39, 0.29) is 29.0 Å². The number of carbonyl (C=O) groups excluding carboxylic acids is 1. The van der Waals surface area contributed by atoms with E-state index in [0.29, 0.717) is 19.8 Å². The van der Waals surface area contributed by atoms with E-state index in [1.54, 1.807) is 13.2 Å². The molecule has 1 heterocycles. The van der Waals surface area contributed by atoms with Gasteiger partial charge in [0.25, 0.3) is 0 Å². The van der Waals surface area contributed by atoms with E-state index in [1.165, 1.54) is 12.1 Å². The molecule has 0 aliphatic carbocycles. The average Bonchev–Trinajstić information content (AvgIpc) is 2.72. The molecule has 1 saturated heterocycles. The second-order valence-corrected chi connectivity index (χ2v) is 7.03. The summed E-state index contributed by atoms with van der Waals surface area (Å²) in [6, 6.07) is 12.2. The van der Waals surface area contributed by atoms with Gasteiger partial charge in [0.15, 0.2) is 0 Å². The summed E-state index contributed by atoms with van der Waals surface area (Å²) in [4.78, 5) is 14.7. The molecule has 0 saturated carbocycles. The van der Waals surface area contributed by atoms with Crippen LogP contribution in [0.5, 0.6) is 5.75 Å². The molecule has 28 heavy (non-hydrogen) atoms. The minimum atomic E-state index is -0.470. The number of benzene rings is 2. The summed E-state index contributed by atoms with van der Waals surface area (Å²) in [5.74, 6) is 0.0454. The first-order chi connectivity index (χ1) is 13.6. The smallest absolute Gasteiger partial charge is 0.224 e. The Bertz CT molecular complexity index is 774. The van der Waals surface area contributed by atoms with Gasteiger partial charge in [0.2, 0.25) is 5.91 Å². The van der Waals surface area contributed by atoms with Crippen molar-refractivity contribution in [3.8, 4) is 5.75 Å². The summed E-state index contributed by atoms with van der Waals surface area (Å²) >= 11 is 6.03. The molecule has 0 radical (unpaired) electrons. The Labute approximate surface area is 169 Å². The van der Waals surface area contributed by atoms with Gasteiger partial charge in [-0.15, -0.1) is 0 Å². The van der Waals surface area contributed by atoms with Gasteiger partial charge < -0.3 is 14.8 Å². The van der Waals surface area contributed by atoms with Crippen LogP contribution in [0.1, 0.15) is 17.2 Å². The number of morpholine rings is 1. The van der Waals surface area contributed by atoms with E-state index >= 15 is 0 Å². The quantitative estimate of drug-likeness (QED) is 0.767. The SMILES string of the molecule is COc1ccc(C(CNC(=O)Cc2c(F)cccc2Cl)N2CCOCC2)cc1. The van der Waals surface area contributed by atoms with Gasteiger partial charge in [0.05, 0.1) is 32.8 Å². The first kappa shape index (κ1) is 20.6. The summed E-state index contributed by atoms with van der Waals surface area (Å²) in [6.07, 6.45) is -0.0933. The van der Waals surface area contributed by atoms with Crippen LogP contribution < -0.4 is 10.1 Å². The molecule has 1 fully saturated rings. The summed E-state index contributed by atoms with van der Waals surface area (Å²) < 4.78 is 24.6. The summed E-state index contributed by atoms with van der Waals surface area (Å²) in [5.41, 5.74) is 1.29. The molecule has 3 rings (SSSR count). The van der Waals surface area contributed by atoms with Crippen LogP contribution in [0.25, 0.3) is 0 Å². The van der Waals surface area contributed by atoms with Crippen molar-refractivity contribution in [2.24, 2.45) is 0 Å². The van der Waals surface area contributed by atoms with Crippen LogP contribution in [0.4, 0.5) is 4.39 Å². The van der Waals surface area contributed by atoms with Crippen LogP contribution in [0, 0.1) is 5.82 Å². The van der Waals surface area contributed by atoms with E-state index < -0.39 is 5.82 Å². The maximum Gasteiger partial charge on any atom is 0.224 e. The predicted octanol–water partition coefficient (Wildman–Crippen LogP) is 3.22. The van der Waals surface area contributed by atoms with Crippen molar-refractivity contribution in [1.82, 2.24) is 10.2 Å². The molecule has 1 N–H and O–H groups in total. The van der Waals surface area contributed by atoms with Gasteiger partial charge in [0.1, 0.15) is 11.6 Å². The number of nitrogens with one attached hydrogen (secondary N) is 1. The summed E-state index contributed by atoms with van der Waals surface area (Å²) in [5, 5.41) is 3.19. The predicted molar refractivity (Wildman–Crippen MR) is 106 cm³/mol. The zero-order valence-corrected chi connectivity index (χ0v) is 16.5. The van der Waals surface area contributed by atoms with Gasteiger partial charge in [0, 0.05) is 30.2 Å². The van der Waals surface area contributed by atoms with Gasteiger partial charge in [-0.3, -0.25) is 9.69 Å². The van der Waals surface area contributed by atoms with Gasteiger partial charge in [-0.2, -0.15) is 0 Å². The van der Waals surface area contributed by atoms with E-state index in [0.717, 1.165) is 24.4 Å². The molecular weight excluding hydrogens is 383 g/mol. The second kappa shape index (κ2) is 9.87. The molecular formula is C21H24ClFN2O3. The van der Waals surface area contributed by atoms with E-state index in [2.05, 4.69) is 10.2 Å². The number of hydrogen-bond acceptors (Lipinski definition) is 4. The lowest BCUT2D eigenvalue weighted by Crippen LogP contribution is -2.44. The fraction of sp³-hybridized carbons (Fsp3) is 0.381. The average molecular weight is 407 g/mol. The standard InChI is InChI=1S/C21H24ClFN2O3/c1-27-16-7-5-15(6-8-16)20(25-9-11-28-12-10-25)14-24-21(26)13-17-18(22)3-2-4-19(17)23/h2-8,20H,9-14H2,1H3,(H,24,26). The van der Waals surface area contributed by atoms with E-state index in [9.17, 15) is 9.18 Å². The fourth-order valence-electron chi connectivity index (χ4n) is 3.31. The highest BCUT2D eigenvalue weighted by molar-refractivity contribution is 6.31. The Balaban J connectivity index is 1.69. The molecule has 150 valence electrons. The first-order valence-corrected chi connectivity index (χ1v) is 9.61. The normalized spacial score (nSPS) is 15.8. The van der Waals surface area contributed by atoms with Crippen molar-refractivity contribution < 1.29 is 18.7 Å². The topological polar surface area (TPSA) is 50.8 Å². The molecule has 1 unspecified atom stereocenters. The molecule has 0 spiro atoms. The number of carbonyl (C=O) groups is 1. The van der Waals surface area contributed by atoms with Crippen molar-refractivity contribution in [2.45, 2.75) is 12.5 Å². The fourth-order valence-corrected chi connectivity index (χ4v) is 3.54. The number of rotatable bonds is 7. The Kier molecular flexibility index (Phi) is 7.25. The minimum Gasteiger partial charge on any atom is -0.497 e. The second-order valence-electron chi connectivity index (χ2n) is 6.62. The molecule has 1 aliphatic rings. The Morgan fingerprint density at radius 1 is 1.25 bits per heavy atom. The third-order valence-corrected chi connectivity index (χ3v) is 5.23. The summed E-state index contributed by atoms with van der Waals surface area (Å²) in [7, 11) is 1.63. The number of amides is 1. The number of hydrogen-bond donors (Lipinski definition) is 1. The lowest BCUT2D eigenvalue weighted by atomic mass is 10.0. The Morgan fingerprint density at radius 3 is 2.61 bits per heavy atom. The van der Waals surface area contributed by atoms with Crippen molar-refractivity contribution in [1.29, 1.82) is 0 Å². The Morgan fingerprint density at radius 2 is 1.96 bits per heavy atom. The number of nitrogens with zero attached hydrogens (tertiary/aromatic N) is 1. The molecule has 2 aromatic rings. The van der Waals surface area contributed by atoms with Crippen LogP contribution in [0.2, 0.25) is 5.02 Å². The van der Waals surface area contributed by atoms with Crippen LogP contribution in [-0.4, -0.2) is 50.8 Å². The maximum atomic E-state index is 13.9. The molecule has 1 amide bonds. The van der Waals surface area contributed by atoms with E-state index in [1.807, 2.05) is 24.3 Å². The third kappa shape index (κ3) is 5.22. The highest BCUT2D eigenvalue weighted by atomic mass is 35.5. The third-order valence-electron chi connectivity index (χ3n) is 4.88. The minimum absolute atomic E-state index is 0.00477. The Hall–Kier alpha value is -2.15. The molecule has 2 aromatic carbocycles. The number of ether oxygens (including phenoxy) is 2. The molecule has 0 bridgehead atoms. The zero-order chi connectivity index (χ0) is 19.9. The highest BCUT2D eigenvalue weighted by Gasteiger charge is 2.23. The van der Waals surface area contributed by atoms with Crippen LogP contribution in [0.3, 0.4) is 0 Å². The van der Waals surface area contributed by atoms with Gasteiger partial charge in [-0.05, 0) is 29.8 Å². The molecule has 5 nitrogen and oxygen atoms in total. The van der Waals surface area contributed by atoms with Gasteiger partial charge in [-0.1, -0.05) is 29.8 Å². The van der Waals surface area contributed by atoms with Gasteiger partial charge in [-0.25, -0.2) is 4.39 Å². The number of methoxy groups -OCH3 is 1. The molecule has 1 atom stereocenters. The summed E-state index contributed by atoms with van der Waals surface area (Å²) in [6.45, 7) is 3.30. The van der Waals surface area contributed by atoms with Crippen molar-refractivity contribution >= 4 is 17.5 Å². The zero-order valence-electron chi connectivity index (χ0n) is 15.8. The van der Waals surface area contributed by atoms with E-state index in [4.69, 9.17) is 21.1 Å². The van der Waals surface area contributed by atoms with Crippen LogP contribution in [0.15, 0.2) is 42.5 Å².